The predicted molar refractivity (Wildman–Crippen MR) is 65.6 cm³/mol. The average Bonchev–Trinajstić information content (AvgIpc) is 2.37. The summed E-state index contributed by atoms with van der Waals surface area (Å²) in [5.74, 6) is -0.301. The Labute approximate surface area is 102 Å². The number of carbonyl (C=O) groups is 1. The molecule has 17 heavy (non-hydrogen) atoms. The van der Waals surface area contributed by atoms with Crippen LogP contribution in [0.2, 0.25) is 0 Å². The van der Waals surface area contributed by atoms with E-state index < -0.39 is 0 Å². The van der Waals surface area contributed by atoms with Crippen molar-refractivity contribution in [2.75, 3.05) is 7.11 Å². The molecule has 1 aromatic carbocycles. The molecule has 0 radical (unpaired) electrons. The van der Waals surface area contributed by atoms with Crippen molar-refractivity contribution < 1.29 is 9.53 Å². The molecule has 0 aliphatic rings. The van der Waals surface area contributed by atoms with E-state index in [9.17, 15) is 10.1 Å². The molecule has 0 saturated carbocycles. The van der Waals surface area contributed by atoms with Crippen LogP contribution < -0.4 is 0 Å². The Hall–Kier alpha value is -1.82. The Balaban J connectivity index is 3.31. The molecule has 90 valence electrons. The van der Waals surface area contributed by atoms with Gasteiger partial charge in [-0.3, -0.25) is 4.79 Å². The molecular weight excluding hydrogens is 214 g/mol. The third-order valence-electron chi connectivity index (χ3n) is 2.92. The van der Waals surface area contributed by atoms with Crippen LogP contribution in [0.25, 0.3) is 0 Å². The van der Waals surface area contributed by atoms with Gasteiger partial charge in [-0.15, -0.1) is 0 Å². The summed E-state index contributed by atoms with van der Waals surface area (Å²) in [5, 5.41) is 9.23. The summed E-state index contributed by atoms with van der Waals surface area (Å²) < 4.78 is 4.68. The van der Waals surface area contributed by atoms with Crippen molar-refractivity contribution in [3.63, 3.8) is 0 Å². The highest BCUT2D eigenvalue weighted by Crippen LogP contribution is 2.21. The van der Waals surface area contributed by atoms with E-state index in [2.05, 4.69) is 10.8 Å². The van der Waals surface area contributed by atoms with Crippen LogP contribution in [0.1, 0.15) is 36.1 Å². The molecule has 0 amide bonds. The van der Waals surface area contributed by atoms with Crippen LogP contribution >= 0.6 is 0 Å². The molecule has 0 fully saturated rings. The Morgan fingerprint density at radius 1 is 1.29 bits per heavy atom. The molecule has 3 heteroatoms. The van der Waals surface area contributed by atoms with E-state index in [0.717, 1.165) is 29.5 Å². The average molecular weight is 231 g/mol. The number of esters is 1. The molecule has 0 heterocycles. The number of ether oxygens (including phenoxy) is 1. The monoisotopic (exact) mass is 231 g/mol. The number of carbonyl (C=O) groups excluding carboxylic acids is 1. The minimum absolute atomic E-state index is 0.177. The molecule has 0 N–H and O–H groups in total. The minimum Gasteiger partial charge on any atom is -0.469 e. The van der Waals surface area contributed by atoms with Crippen molar-refractivity contribution >= 4 is 5.97 Å². The number of nitriles is 1. The molecule has 0 spiro atoms. The number of benzene rings is 1. The summed E-state index contributed by atoms with van der Waals surface area (Å²) in [6.07, 6.45) is 1.78. The van der Waals surface area contributed by atoms with E-state index in [4.69, 9.17) is 0 Å². The Morgan fingerprint density at radius 2 is 1.88 bits per heavy atom. The summed E-state index contributed by atoms with van der Waals surface area (Å²) in [4.78, 5) is 11.4. The molecule has 0 bridgehead atoms. The maximum atomic E-state index is 11.4. The van der Waals surface area contributed by atoms with Crippen molar-refractivity contribution in [1.29, 1.82) is 5.26 Å². The highest BCUT2D eigenvalue weighted by atomic mass is 16.5. The number of hydrogen-bond donors (Lipinski definition) is 0. The van der Waals surface area contributed by atoms with E-state index in [1.807, 2.05) is 26.0 Å². The molecule has 0 aromatic heterocycles. The lowest BCUT2D eigenvalue weighted by Crippen LogP contribution is -2.10. The topological polar surface area (TPSA) is 50.1 Å². The van der Waals surface area contributed by atoms with Gasteiger partial charge in [-0.1, -0.05) is 26.0 Å². The molecule has 0 aliphatic heterocycles. The maximum Gasteiger partial charge on any atom is 0.310 e. The van der Waals surface area contributed by atoms with Crippen molar-refractivity contribution in [2.24, 2.45) is 0 Å². The standard InChI is InChI=1S/C14H17NO2/c1-4-10-6-7-11(5-2)13(9-15)12(10)8-14(16)17-3/h6-7H,4-5,8H2,1-3H3. The Bertz CT molecular complexity index is 458. The van der Waals surface area contributed by atoms with Crippen molar-refractivity contribution in [3.8, 4) is 6.07 Å². The van der Waals surface area contributed by atoms with Crippen LogP contribution in [0.4, 0.5) is 0 Å². The highest BCUT2D eigenvalue weighted by Gasteiger charge is 2.14. The predicted octanol–water partition coefficient (Wildman–Crippen LogP) is 2.40. The first kappa shape index (κ1) is 13.2. The molecule has 1 aromatic rings. The lowest BCUT2D eigenvalue weighted by Gasteiger charge is -2.12. The van der Waals surface area contributed by atoms with E-state index in [-0.39, 0.29) is 12.4 Å². The first-order valence-corrected chi connectivity index (χ1v) is 5.78. The lowest BCUT2D eigenvalue weighted by atomic mass is 9.92. The van der Waals surface area contributed by atoms with Gasteiger partial charge in [0.2, 0.25) is 0 Å². The SMILES string of the molecule is CCc1ccc(CC)c(CC(=O)OC)c1C#N. The number of aryl methyl sites for hydroxylation is 2. The van der Waals surface area contributed by atoms with E-state index in [0.29, 0.717) is 5.56 Å². The molecule has 3 nitrogen and oxygen atoms in total. The summed E-state index contributed by atoms with van der Waals surface area (Å²) >= 11 is 0. The molecule has 1 rings (SSSR count). The first-order valence-electron chi connectivity index (χ1n) is 5.78. The quantitative estimate of drug-likeness (QED) is 0.748. The van der Waals surface area contributed by atoms with Gasteiger partial charge >= 0.3 is 5.97 Å². The first-order chi connectivity index (χ1) is 8.17. The summed E-state index contributed by atoms with van der Waals surface area (Å²) in [6, 6.07) is 6.18. The van der Waals surface area contributed by atoms with E-state index in [1.165, 1.54) is 7.11 Å². The molecule has 0 atom stereocenters. The zero-order valence-electron chi connectivity index (χ0n) is 10.5. The fourth-order valence-electron chi connectivity index (χ4n) is 1.92. The third-order valence-corrected chi connectivity index (χ3v) is 2.92. The summed E-state index contributed by atoms with van der Waals surface area (Å²) in [6.45, 7) is 4.02. The maximum absolute atomic E-state index is 11.4. The normalized spacial score (nSPS) is 9.76. The van der Waals surface area contributed by atoms with Crippen LogP contribution in [0.5, 0.6) is 0 Å². The third kappa shape index (κ3) is 2.85. The lowest BCUT2D eigenvalue weighted by molar-refractivity contribution is -0.139. The highest BCUT2D eigenvalue weighted by molar-refractivity contribution is 5.74. The number of nitrogens with zero attached hydrogens (tertiary/aromatic N) is 1. The van der Waals surface area contributed by atoms with Crippen LogP contribution in [-0.2, 0) is 28.8 Å². The largest absolute Gasteiger partial charge is 0.469 e. The van der Waals surface area contributed by atoms with Crippen LogP contribution in [0, 0.1) is 11.3 Å². The molecule has 0 aliphatic carbocycles. The van der Waals surface area contributed by atoms with Crippen LogP contribution in [-0.4, -0.2) is 13.1 Å². The minimum atomic E-state index is -0.301. The van der Waals surface area contributed by atoms with E-state index >= 15 is 0 Å². The second-order valence-electron chi connectivity index (χ2n) is 3.81. The van der Waals surface area contributed by atoms with Crippen molar-refractivity contribution in [2.45, 2.75) is 33.1 Å². The number of hydrogen-bond acceptors (Lipinski definition) is 3. The number of rotatable bonds is 4. The van der Waals surface area contributed by atoms with E-state index in [1.54, 1.807) is 0 Å². The summed E-state index contributed by atoms with van der Waals surface area (Å²) in [5.41, 5.74) is 3.49. The van der Waals surface area contributed by atoms with Gasteiger partial charge in [0, 0.05) is 0 Å². The van der Waals surface area contributed by atoms with Crippen molar-refractivity contribution in [3.05, 3.63) is 34.4 Å². The fraction of sp³-hybridized carbons (Fsp3) is 0.429. The van der Waals surface area contributed by atoms with Gasteiger partial charge in [-0.05, 0) is 29.5 Å². The van der Waals surface area contributed by atoms with Crippen molar-refractivity contribution in [1.82, 2.24) is 0 Å². The summed E-state index contributed by atoms with van der Waals surface area (Å²) in [7, 11) is 1.36. The molecule has 0 saturated heterocycles. The van der Waals surface area contributed by atoms with Crippen LogP contribution in [0.15, 0.2) is 12.1 Å². The Kier molecular flexibility index (Phi) is 4.71. The zero-order valence-corrected chi connectivity index (χ0v) is 10.5. The fourth-order valence-corrected chi connectivity index (χ4v) is 1.92. The molecular formula is C14H17NO2. The number of methoxy groups -OCH3 is 1. The van der Waals surface area contributed by atoms with Gasteiger partial charge in [0.1, 0.15) is 0 Å². The van der Waals surface area contributed by atoms with Gasteiger partial charge in [0.15, 0.2) is 0 Å². The zero-order chi connectivity index (χ0) is 12.8. The second kappa shape index (κ2) is 6.05. The van der Waals surface area contributed by atoms with Gasteiger partial charge in [0.05, 0.1) is 25.2 Å². The molecule has 0 unspecified atom stereocenters. The van der Waals surface area contributed by atoms with Gasteiger partial charge in [-0.25, -0.2) is 0 Å². The van der Waals surface area contributed by atoms with Gasteiger partial charge in [-0.2, -0.15) is 5.26 Å². The second-order valence-corrected chi connectivity index (χ2v) is 3.81. The van der Waals surface area contributed by atoms with Gasteiger partial charge in [0.25, 0.3) is 0 Å². The Morgan fingerprint density at radius 3 is 2.35 bits per heavy atom. The smallest absolute Gasteiger partial charge is 0.310 e. The van der Waals surface area contributed by atoms with Crippen LogP contribution in [0.3, 0.4) is 0 Å². The van der Waals surface area contributed by atoms with Gasteiger partial charge < -0.3 is 4.74 Å².